The quantitative estimate of drug-likeness (QED) is 0.177. The van der Waals surface area contributed by atoms with Crippen molar-refractivity contribution in [1.82, 2.24) is 4.90 Å². The number of hydrogen-bond acceptors (Lipinski definition) is 8. The summed E-state index contributed by atoms with van der Waals surface area (Å²) in [5.41, 5.74) is 2.92. The van der Waals surface area contributed by atoms with Gasteiger partial charge in [0.2, 0.25) is 5.91 Å². The molecule has 1 aliphatic heterocycles. The zero-order valence-electron chi connectivity index (χ0n) is 22.6. The molecule has 4 rings (SSSR count). The summed E-state index contributed by atoms with van der Waals surface area (Å²) in [6.07, 6.45) is 0. The molecule has 0 aromatic heterocycles. The van der Waals surface area contributed by atoms with Crippen LogP contribution < -0.4 is 15.5 Å². The van der Waals surface area contributed by atoms with Gasteiger partial charge in [-0.25, -0.2) is 4.79 Å². The van der Waals surface area contributed by atoms with Crippen molar-refractivity contribution in [2.24, 2.45) is 0 Å². The van der Waals surface area contributed by atoms with Crippen molar-refractivity contribution in [2.75, 3.05) is 49.8 Å². The van der Waals surface area contributed by atoms with Crippen molar-refractivity contribution < 1.29 is 24.0 Å². The van der Waals surface area contributed by atoms with Gasteiger partial charge in [0, 0.05) is 24.4 Å². The standard InChI is InChI=1S/C29H29N5O6/c1-5-40-29(37)19-11-13-21-22(15-19)31-28(36)26(21)27(18-9-7-6-8-10-18)30-20-12-14-23(24(16-20)34(38)39)33(4)25(35)17-32(2)3/h6-16,30H,5,17H2,1-4H3,(H,31,36)/b27-26-. The van der Waals surface area contributed by atoms with E-state index in [4.69, 9.17) is 4.74 Å². The van der Waals surface area contributed by atoms with Crippen LogP contribution in [0.1, 0.15) is 28.4 Å². The topological polar surface area (TPSA) is 134 Å². The van der Waals surface area contributed by atoms with E-state index in [2.05, 4.69) is 10.6 Å². The third kappa shape index (κ3) is 5.84. The number of nitro groups is 1. The highest BCUT2D eigenvalue weighted by Crippen LogP contribution is 2.39. The van der Waals surface area contributed by atoms with Crippen molar-refractivity contribution >= 4 is 51.8 Å². The molecule has 40 heavy (non-hydrogen) atoms. The third-order valence-electron chi connectivity index (χ3n) is 6.22. The number of likely N-dealkylation sites (N-methyl/N-ethyl adjacent to an activating group) is 2. The summed E-state index contributed by atoms with van der Waals surface area (Å²) in [6, 6.07) is 18.3. The smallest absolute Gasteiger partial charge is 0.338 e. The number of nitrogens with one attached hydrogen (secondary N) is 2. The van der Waals surface area contributed by atoms with Crippen LogP contribution in [0.15, 0.2) is 66.7 Å². The lowest BCUT2D eigenvalue weighted by molar-refractivity contribution is -0.384. The molecule has 3 aromatic rings. The van der Waals surface area contributed by atoms with Gasteiger partial charge >= 0.3 is 5.97 Å². The molecule has 1 aliphatic rings. The monoisotopic (exact) mass is 543 g/mol. The fraction of sp³-hybridized carbons (Fsp3) is 0.207. The number of ether oxygens (including phenoxy) is 1. The first-order valence-corrected chi connectivity index (χ1v) is 12.5. The summed E-state index contributed by atoms with van der Waals surface area (Å²) in [7, 11) is 4.96. The molecule has 0 radical (unpaired) electrons. The van der Waals surface area contributed by atoms with E-state index in [-0.39, 0.29) is 30.4 Å². The van der Waals surface area contributed by atoms with Gasteiger partial charge < -0.3 is 25.2 Å². The predicted octanol–water partition coefficient (Wildman–Crippen LogP) is 4.23. The van der Waals surface area contributed by atoms with Gasteiger partial charge in [0.25, 0.3) is 11.6 Å². The van der Waals surface area contributed by atoms with E-state index in [9.17, 15) is 24.5 Å². The van der Waals surface area contributed by atoms with Crippen molar-refractivity contribution in [3.63, 3.8) is 0 Å². The van der Waals surface area contributed by atoms with E-state index >= 15 is 0 Å². The van der Waals surface area contributed by atoms with Crippen LogP contribution in [0.4, 0.5) is 22.7 Å². The lowest BCUT2D eigenvalue weighted by Crippen LogP contribution is -2.35. The van der Waals surface area contributed by atoms with Crippen LogP contribution in [-0.2, 0) is 14.3 Å². The second kappa shape index (κ2) is 11.8. The molecule has 0 saturated heterocycles. The molecule has 2 N–H and O–H groups in total. The van der Waals surface area contributed by atoms with Crippen LogP contribution in [0.2, 0.25) is 0 Å². The number of benzene rings is 3. The minimum atomic E-state index is -0.552. The predicted molar refractivity (Wildman–Crippen MR) is 153 cm³/mol. The first kappa shape index (κ1) is 28.0. The number of nitrogens with zero attached hydrogens (tertiary/aromatic N) is 3. The van der Waals surface area contributed by atoms with E-state index in [1.807, 2.05) is 30.3 Å². The molecule has 0 aliphatic carbocycles. The Morgan fingerprint density at radius 1 is 1.00 bits per heavy atom. The van der Waals surface area contributed by atoms with E-state index in [0.717, 1.165) is 0 Å². The Hall–Kier alpha value is -5.03. The number of carbonyl (C=O) groups is 3. The van der Waals surface area contributed by atoms with Crippen LogP contribution >= 0.6 is 0 Å². The molecule has 0 saturated carbocycles. The highest BCUT2D eigenvalue weighted by Gasteiger charge is 2.30. The average Bonchev–Trinajstić information content (AvgIpc) is 3.26. The molecule has 11 nitrogen and oxygen atoms in total. The SMILES string of the molecule is CCOC(=O)c1ccc2c(c1)NC(=O)/C2=C(\Nc1ccc(N(C)C(=O)CN(C)C)c([N+](=O)[O-])c1)c1ccccc1. The van der Waals surface area contributed by atoms with Gasteiger partial charge in [0.15, 0.2) is 0 Å². The fourth-order valence-electron chi connectivity index (χ4n) is 4.33. The van der Waals surface area contributed by atoms with Gasteiger partial charge in [-0.05, 0) is 50.8 Å². The molecule has 3 aromatic carbocycles. The average molecular weight is 544 g/mol. The van der Waals surface area contributed by atoms with Crippen LogP contribution in [0.25, 0.3) is 11.3 Å². The number of nitro benzene ring substituents is 1. The maximum absolute atomic E-state index is 13.2. The summed E-state index contributed by atoms with van der Waals surface area (Å²) in [6.45, 7) is 2.02. The molecule has 0 bridgehead atoms. The Morgan fingerprint density at radius 2 is 1.73 bits per heavy atom. The van der Waals surface area contributed by atoms with Gasteiger partial charge in [0.05, 0.1) is 40.6 Å². The van der Waals surface area contributed by atoms with Gasteiger partial charge in [-0.15, -0.1) is 0 Å². The number of rotatable bonds is 9. The highest BCUT2D eigenvalue weighted by atomic mass is 16.6. The molecular weight excluding hydrogens is 514 g/mol. The summed E-state index contributed by atoms with van der Waals surface area (Å²) in [5, 5.41) is 18.0. The van der Waals surface area contributed by atoms with E-state index in [1.165, 1.54) is 24.1 Å². The molecule has 206 valence electrons. The first-order valence-electron chi connectivity index (χ1n) is 12.5. The van der Waals surface area contributed by atoms with Crippen LogP contribution in [-0.4, -0.2) is 61.9 Å². The normalized spacial score (nSPS) is 13.4. The lowest BCUT2D eigenvalue weighted by Gasteiger charge is -2.20. The van der Waals surface area contributed by atoms with Crippen molar-refractivity contribution in [3.05, 3.63) is 93.5 Å². The Balaban J connectivity index is 1.79. The minimum Gasteiger partial charge on any atom is -0.462 e. The second-order valence-electron chi connectivity index (χ2n) is 9.33. The number of hydrogen-bond donors (Lipinski definition) is 2. The van der Waals surface area contributed by atoms with Crippen molar-refractivity contribution in [2.45, 2.75) is 6.92 Å². The molecule has 0 fully saturated rings. The van der Waals surface area contributed by atoms with Gasteiger partial charge in [-0.2, -0.15) is 0 Å². The fourth-order valence-corrected chi connectivity index (χ4v) is 4.33. The molecule has 0 unspecified atom stereocenters. The summed E-state index contributed by atoms with van der Waals surface area (Å²) >= 11 is 0. The first-order chi connectivity index (χ1) is 19.1. The summed E-state index contributed by atoms with van der Waals surface area (Å²) < 4.78 is 5.07. The second-order valence-corrected chi connectivity index (χ2v) is 9.33. The summed E-state index contributed by atoms with van der Waals surface area (Å²) in [5.74, 6) is -1.20. The molecule has 11 heteroatoms. The summed E-state index contributed by atoms with van der Waals surface area (Å²) in [4.78, 5) is 52.4. The number of esters is 1. The minimum absolute atomic E-state index is 0.0876. The number of anilines is 3. The van der Waals surface area contributed by atoms with Gasteiger partial charge in [-0.3, -0.25) is 19.7 Å². The maximum atomic E-state index is 13.2. The highest BCUT2D eigenvalue weighted by molar-refractivity contribution is 6.37. The van der Waals surface area contributed by atoms with E-state index in [0.29, 0.717) is 39.3 Å². The van der Waals surface area contributed by atoms with Crippen molar-refractivity contribution in [3.8, 4) is 0 Å². The van der Waals surface area contributed by atoms with Crippen LogP contribution in [0, 0.1) is 10.1 Å². The Labute approximate surface area is 231 Å². The van der Waals surface area contributed by atoms with Gasteiger partial charge in [0.1, 0.15) is 5.69 Å². The lowest BCUT2D eigenvalue weighted by atomic mass is 9.99. The number of fused-ring (bicyclic) bond motifs is 1. The number of amides is 2. The Kier molecular flexibility index (Phi) is 8.25. The van der Waals surface area contributed by atoms with E-state index in [1.54, 1.807) is 50.2 Å². The zero-order valence-corrected chi connectivity index (χ0v) is 22.6. The molecule has 1 heterocycles. The zero-order chi connectivity index (χ0) is 29.0. The van der Waals surface area contributed by atoms with Crippen LogP contribution in [0.5, 0.6) is 0 Å². The maximum Gasteiger partial charge on any atom is 0.338 e. The largest absolute Gasteiger partial charge is 0.462 e. The van der Waals surface area contributed by atoms with Crippen molar-refractivity contribution in [1.29, 1.82) is 0 Å². The third-order valence-corrected chi connectivity index (χ3v) is 6.22. The molecule has 2 amide bonds. The molecule has 0 spiro atoms. The van der Waals surface area contributed by atoms with Crippen LogP contribution in [0.3, 0.4) is 0 Å². The van der Waals surface area contributed by atoms with Gasteiger partial charge in [-0.1, -0.05) is 36.4 Å². The van der Waals surface area contributed by atoms with E-state index < -0.39 is 16.8 Å². The molecular formula is C29H29N5O6. The molecule has 0 atom stereocenters. The Bertz CT molecular complexity index is 1520. The Morgan fingerprint density at radius 3 is 2.38 bits per heavy atom. The number of carbonyl (C=O) groups excluding carboxylic acids is 3.